The van der Waals surface area contributed by atoms with Gasteiger partial charge in [-0.1, -0.05) is 38.0 Å². The van der Waals surface area contributed by atoms with Gasteiger partial charge in [-0.2, -0.15) is 0 Å². The second-order valence-corrected chi connectivity index (χ2v) is 7.75. The van der Waals surface area contributed by atoms with Gasteiger partial charge in [-0.05, 0) is 37.8 Å². The minimum absolute atomic E-state index is 0.0818. The van der Waals surface area contributed by atoms with E-state index in [2.05, 4.69) is 17.1 Å². The van der Waals surface area contributed by atoms with Crippen molar-refractivity contribution in [1.29, 1.82) is 0 Å². The Morgan fingerprint density at radius 2 is 1.69 bits per heavy atom. The van der Waals surface area contributed by atoms with E-state index in [1.807, 2.05) is 42.2 Å². The average molecular weight is 357 g/mol. The number of nitrogens with zero attached hydrogens (tertiary/aromatic N) is 2. The Kier molecular flexibility index (Phi) is 6.30. The Balaban J connectivity index is 1.49. The Morgan fingerprint density at radius 1 is 1.04 bits per heavy atom. The van der Waals surface area contributed by atoms with Crippen LogP contribution in [-0.2, 0) is 4.79 Å². The summed E-state index contributed by atoms with van der Waals surface area (Å²) >= 11 is 0. The van der Waals surface area contributed by atoms with Crippen LogP contribution in [0.5, 0.6) is 0 Å². The van der Waals surface area contributed by atoms with Gasteiger partial charge in [-0.25, -0.2) is 0 Å². The Bertz CT molecular complexity index is 611. The van der Waals surface area contributed by atoms with Crippen molar-refractivity contribution < 1.29 is 9.59 Å². The minimum Gasteiger partial charge on any atom is -0.352 e. The molecule has 3 atom stereocenters. The van der Waals surface area contributed by atoms with Gasteiger partial charge in [-0.3, -0.25) is 14.5 Å². The zero-order chi connectivity index (χ0) is 18.5. The zero-order valence-electron chi connectivity index (χ0n) is 16.0. The number of piperazine rings is 1. The van der Waals surface area contributed by atoms with Gasteiger partial charge < -0.3 is 10.2 Å². The molecule has 1 saturated carbocycles. The summed E-state index contributed by atoms with van der Waals surface area (Å²) in [5, 5.41) is 3.26. The van der Waals surface area contributed by atoms with Gasteiger partial charge in [0.05, 0.1) is 6.04 Å². The number of carbonyl (C=O) groups is 2. The van der Waals surface area contributed by atoms with Crippen LogP contribution >= 0.6 is 0 Å². The monoisotopic (exact) mass is 357 g/mol. The third kappa shape index (κ3) is 4.44. The number of nitrogens with one attached hydrogen (secondary N) is 1. The lowest BCUT2D eigenvalue weighted by atomic mass is 9.86. The molecule has 0 aromatic heterocycles. The number of hydrogen-bond donors (Lipinski definition) is 1. The summed E-state index contributed by atoms with van der Waals surface area (Å²) in [4.78, 5) is 29.3. The maximum Gasteiger partial charge on any atom is 0.253 e. The number of rotatable bonds is 4. The molecule has 1 heterocycles. The van der Waals surface area contributed by atoms with Gasteiger partial charge in [0.15, 0.2) is 0 Å². The van der Waals surface area contributed by atoms with E-state index in [1.54, 1.807) is 0 Å². The highest BCUT2D eigenvalue weighted by Crippen LogP contribution is 2.24. The van der Waals surface area contributed by atoms with Crippen molar-refractivity contribution in [2.45, 2.75) is 51.6 Å². The largest absolute Gasteiger partial charge is 0.352 e. The van der Waals surface area contributed by atoms with Crippen LogP contribution in [-0.4, -0.2) is 59.9 Å². The van der Waals surface area contributed by atoms with Crippen molar-refractivity contribution >= 4 is 11.8 Å². The quantitative estimate of drug-likeness (QED) is 0.901. The molecule has 1 aromatic carbocycles. The highest BCUT2D eigenvalue weighted by molar-refractivity contribution is 5.94. The number of carbonyl (C=O) groups excluding carboxylic acids is 2. The number of amides is 2. The summed E-state index contributed by atoms with van der Waals surface area (Å²) in [5.74, 6) is 0.783. The van der Waals surface area contributed by atoms with Gasteiger partial charge >= 0.3 is 0 Å². The van der Waals surface area contributed by atoms with E-state index in [9.17, 15) is 9.59 Å². The summed E-state index contributed by atoms with van der Waals surface area (Å²) < 4.78 is 0. The molecule has 1 aromatic rings. The molecule has 1 aliphatic carbocycles. The summed E-state index contributed by atoms with van der Waals surface area (Å²) in [6.07, 6.45) is 4.79. The zero-order valence-corrected chi connectivity index (χ0v) is 16.0. The Hall–Kier alpha value is -1.88. The molecule has 2 amide bonds. The molecule has 26 heavy (non-hydrogen) atoms. The summed E-state index contributed by atoms with van der Waals surface area (Å²) in [6, 6.07) is 9.59. The van der Waals surface area contributed by atoms with E-state index >= 15 is 0 Å². The van der Waals surface area contributed by atoms with Crippen LogP contribution < -0.4 is 5.32 Å². The van der Waals surface area contributed by atoms with Gasteiger partial charge in [-0.15, -0.1) is 0 Å². The fourth-order valence-electron chi connectivity index (χ4n) is 4.08. The van der Waals surface area contributed by atoms with Crippen LogP contribution in [0.25, 0.3) is 0 Å². The summed E-state index contributed by atoms with van der Waals surface area (Å²) in [6.45, 7) is 7.05. The van der Waals surface area contributed by atoms with Crippen molar-refractivity contribution in [3.63, 3.8) is 0 Å². The molecule has 0 radical (unpaired) electrons. The first kappa shape index (κ1) is 18.9. The van der Waals surface area contributed by atoms with Crippen LogP contribution in [0.1, 0.15) is 49.9 Å². The lowest BCUT2D eigenvalue weighted by Gasteiger charge is -2.38. The third-order valence-electron chi connectivity index (χ3n) is 5.99. The van der Waals surface area contributed by atoms with Crippen molar-refractivity contribution in [1.82, 2.24) is 15.1 Å². The molecular weight excluding hydrogens is 326 g/mol. The SMILES string of the molecule is CC1CCCCC1NC(=O)C(C)N1CCN(C(=O)c2ccccc2)CC1. The van der Waals surface area contributed by atoms with Gasteiger partial charge in [0.25, 0.3) is 5.91 Å². The normalized spacial score (nSPS) is 25.5. The first-order valence-electron chi connectivity index (χ1n) is 9.95. The maximum absolute atomic E-state index is 12.7. The molecule has 2 aliphatic rings. The van der Waals surface area contributed by atoms with E-state index in [-0.39, 0.29) is 17.9 Å². The predicted octanol–water partition coefficient (Wildman–Crippen LogP) is 2.53. The highest BCUT2D eigenvalue weighted by atomic mass is 16.2. The molecule has 1 saturated heterocycles. The summed E-state index contributed by atoms with van der Waals surface area (Å²) in [7, 11) is 0. The molecule has 5 heteroatoms. The molecule has 0 spiro atoms. The lowest BCUT2D eigenvalue weighted by Crippen LogP contribution is -2.56. The van der Waals surface area contributed by atoms with E-state index in [0.717, 1.165) is 25.1 Å². The van der Waals surface area contributed by atoms with Gasteiger partial charge in [0, 0.05) is 37.8 Å². The molecule has 2 fully saturated rings. The predicted molar refractivity (Wildman–Crippen MR) is 103 cm³/mol. The molecule has 5 nitrogen and oxygen atoms in total. The molecule has 142 valence electrons. The first-order valence-corrected chi connectivity index (χ1v) is 9.95. The third-order valence-corrected chi connectivity index (χ3v) is 5.99. The van der Waals surface area contributed by atoms with E-state index in [4.69, 9.17) is 0 Å². The van der Waals surface area contributed by atoms with Gasteiger partial charge in [0.2, 0.25) is 5.91 Å². The van der Waals surface area contributed by atoms with E-state index < -0.39 is 0 Å². The van der Waals surface area contributed by atoms with Crippen molar-refractivity contribution in [2.24, 2.45) is 5.92 Å². The molecule has 1 aliphatic heterocycles. The van der Waals surface area contributed by atoms with Crippen LogP contribution in [0.4, 0.5) is 0 Å². The number of benzene rings is 1. The maximum atomic E-state index is 12.7. The van der Waals surface area contributed by atoms with E-state index in [1.165, 1.54) is 19.3 Å². The van der Waals surface area contributed by atoms with Crippen LogP contribution in [0.15, 0.2) is 30.3 Å². The smallest absolute Gasteiger partial charge is 0.253 e. The average Bonchev–Trinajstić information content (AvgIpc) is 2.69. The first-order chi connectivity index (χ1) is 12.6. The molecular formula is C21H31N3O2. The Labute approximate surface area is 156 Å². The highest BCUT2D eigenvalue weighted by Gasteiger charge is 2.30. The summed E-state index contributed by atoms with van der Waals surface area (Å²) in [5.41, 5.74) is 0.734. The van der Waals surface area contributed by atoms with E-state index in [0.29, 0.717) is 25.0 Å². The molecule has 3 unspecified atom stereocenters. The van der Waals surface area contributed by atoms with Crippen LogP contribution in [0.3, 0.4) is 0 Å². The fourth-order valence-corrected chi connectivity index (χ4v) is 4.08. The van der Waals surface area contributed by atoms with Crippen LogP contribution in [0.2, 0.25) is 0 Å². The molecule has 1 N–H and O–H groups in total. The molecule has 3 rings (SSSR count). The fraction of sp³-hybridized carbons (Fsp3) is 0.619. The van der Waals surface area contributed by atoms with Crippen molar-refractivity contribution in [3.8, 4) is 0 Å². The van der Waals surface area contributed by atoms with Crippen molar-refractivity contribution in [2.75, 3.05) is 26.2 Å². The standard InChI is InChI=1S/C21H31N3O2/c1-16-8-6-7-11-19(16)22-20(25)17(2)23-12-14-24(15-13-23)21(26)18-9-4-3-5-10-18/h3-5,9-10,16-17,19H,6-8,11-15H2,1-2H3,(H,22,25). The Morgan fingerprint density at radius 3 is 2.35 bits per heavy atom. The van der Waals surface area contributed by atoms with Crippen LogP contribution in [0, 0.1) is 5.92 Å². The van der Waals surface area contributed by atoms with Gasteiger partial charge in [0.1, 0.15) is 0 Å². The second kappa shape index (κ2) is 8.67. The lowest BCUT2D eigenvalue weighted by molar-refractivity contribution is -0.127. The minimum atomic E-state index is -0.141. The topological polar surface area (TPSA) is 52.7 Å². The van der Waals surface area contributed by atoms with Crippen molar-refractivity contribution in [3.05, 3.63) is 35.9 Å². The second-order valence-electron chi connectivity index (χ2n) is 7.75. The number of hydrogen-bond acceptors (Lipinski definition) is 3. The molecule has 0 bridgehead atoms.